The van der Waals surface area contributed by atoms with Gasteiger partial charge in [-0.2, -0.15) is 0 Å². The number of aromatic nitrogens is 2. The number of nitrogens with one attached hydrogen (secondary N) is 2. The number of hydrogen-bond acceptors (Lipinski definition) is 4. The standard InChI is InChI=1S/C19H29N5O2.HI/c1-5-25-17-8-7-16(13-18(17)26-6-2)15(3)23-19(20-4)22-10-12-24-11-9-21-14-24;/h7-9,11,13-15H,5-6,10,12H2,1-4H3,(H2,20,22,23);1H. The van der Waals surface area contributed by atoms with E-state index in [1.165, 1.54) is 0 Å². The molecule has 1 aromatic heterocycles. The lowest BCUT2D eigenvalue weighted by atomic mass is 10.1. The third-order valence-electron chi connectivity index (χ3n) is 3.87. The van der Waals surface area contributed by atoms with Crippen molar-refractivity contribution in [1.29, 1.82) is 0 Å². The molecule has 1 atom stereocenters. The van der Waals surface area contributed by atoms with Crippen LogP contribution in [0.1, 0.15) is 32.4 Å². The van der Waals surface area contributed by atoms with Crippen LogP contribution in [0, 0.1) is 0 Å². The van der Waals surface area contributed by atoms with Gasteiger partial charge in [-0.15, -0.1) is 24.0 Å². The van der Waals surface area contributed by atoms with Gasteiger partial charge in [-0.3, -0.25) is 4.99 Å². The van der Waals surface area contributed by atoms with Crippen LogP contribution in [0.3, 0.4) is 0 Å². The molecule has 0 amide bonds. The van der Waals surface area contributed by atoms with E-state index in [9.17, 15) is 0 Å². The van der Waals surface area contributed by atoms with Gasteiger partial charge in [-0.1, -0.05) is 6.07 Å². The van der Waals surface area contributed by atoms with Crippen LogP contribution in [0.4, 0.5) is 0 Å². The highest BCUT2D eigenvalue weighted by Crippen LogP contribution is 2.30. The second-order valence-electron chi connectivity index (χ2n) is 5.74. The summed E-state index contributed by atoms with van der Waals surface area (Å²) >= 11 is 0. The summed E-state index contributed by atoms with van der Waals surface area (Å²) in [6.45, 7) is 8.82. The highest BCUT2D eigenvalue weighted by Gasteiger charge is 2.12. The van der Waals surface area contributed by atoms with Crippen LogP contribution in [0.5, 0.6) is 11.5 Å². The molecular formula is C19H30IN5O2. The Kier molecular flexibility index (Phi) is 10.6. The van der Waals surface area contributed by atoms with Crippen molar-refractivity contribution in [2.75, 3.05) is 26.8 Å². The van der Waals surface area contributed by atoms with E-state index in [0.29, 0.717) is 13.2 Å². The van der Waals surface area contributed by atoms with E-state index in [-0.39, 0.29) is 30.0 Å². The molecule has 2 aromatic rings. The van der Waals surface area contributed by atoms with E-state index in [1.54, 1.807) is 19.6 Å². The Morgan fingerprint density at radius 1 is 1.22 bits per heavy atom. The molecule has 1 heterocycles. The van der Waals surface area contributed by atoms with Gasteiger partial charge < -0.3 is 24.7 Å². The number of guanidine groups is 1. The molecule has 0 aliphatic heterocycles. The molecule has 0 aliphatic carbocycles. The molecule has 2 N–H and O–H groups in total. The molecule has 0 aliphatic rings. The van der Waals surface area contributed by atoms with Crippen LogP contribution < -0.4 is 20.1 Å². The summed E-state index contributed by atoms with van der Waals surface area (Å²) in [5.74, 6) is 2.29. The highest BCUT2D eigenvalue weighted by molar-refractivity contribution is 14.0. The third kappa shape index (κ3) is 7.28. The zero-order valence-electron chi connectivity index (χ0n) is 16.4. The first kappa shape index (κ1) is 23.1. The average Bonchev–Trinajstić information content (AvgIpc) is 3.16. The summed E-state index contributed by atoms with van der Waals surface area (Å²) in [7, 11) is 1.77. The molecule has 2 rings (SSSR count). The number of hydrogen-bond donors (Lipinski definition) is 2. The number of aliphatic imine (C=N–C) groups is 1. The van der Waals surface area contributed by atoms with Crippen LogP contribution in [-0.4, -0.2) is 42.3 Å². The topological polar surface area (TPSA) is 72.7 Å². The summed E-state index contributed by atoms with van der Waals surface area (Å²) < 4.78 is 13.4. The van der Waals surface area contributed by atoms with Crippen LogP contribution in [0.2, 0.25) is 0 Å². The van der Waals surface area contributed by atoms with Gasteiger partial charge in [-0.05, 0) is 38.5 Å². The maximum Gasteiger partial charge on any atom is 0.191 e. The number of rotatable bonds is 9. The normalized spacial score (nSPS) is 12.1. The monoisotopic (exact) mass is 487 g/mol. The third-order valence-corrected chi connectivity index (χ3v) is 3.87. The Morgan fingerprint density at radius 3 is 2.59 bits per heavy atom. The molecule has 0 fully saturated rings. The Morgan fingerprint density at radius 2 is 1.96 bits per heavy atom. The Bertz CT molecular complexity index is 691. The molecule has 1 unspecified atom stereocenters. The van der Waals surface area contributed by atoms with Crippen LogP contribution in [0.25, 0.3) is 0 Å². The molecule has 0 radical (unpaired) electrons. The zero-order chi connectivity index (χ0) is 18.8. The van der Waals surface area contributed by atoms with Crippen molar-refractivity contribution >= 4 is 29.9 Å². The fraction of sp³-hybridized carbons (Fsp3) is 0.474. The van der Waals surface area contributed by atoms with E-state index in [2.05, 4.69) is 27.5 Å². The SMILES string of the molecule is CCOc1ccc(C(C)NC(=NC)NCCn2ccnc2)cc1OCC.I. The lowest BCUT2D eigenvalue weighted by molar-refractivity contribution is 0.287. The fourth-order valence-electron chi connectivity index (χ4n) is 2.54. The number of halogens is 1. The second-order valence-corrected chi connectivity index (χ2v) is 5.74. The lowest BCUT2D eigenvalue weighted by Crippen LogP contribution is -2.40. The summed E-state index contributed by atoms with van der Waals surface area (Å²) in [6.07, 6.45) is 5.52. The van der Waals surface area contributed by atoms with Gasteiger partial charge in [0.1, 0.15) is 0 Å². The molecule has 8 heteroatoms. The molecule has 0 bridgehead atoms. The van der Waals surface area contributed by atoms with E-state index >= 15 is 0 Å². The van der Waals surface area contributed by atoms with Gasteiger partial charge in [0.25, 0.3) is 0 Å². The smallest absolute Gasteiger partial charge is 0.191 e. The maximum absolute atomic E-state index is 5.71. The molecule has 7 nitrogen and oxygen atoms in total. The molecule has 150 valence electrons. The van der Waals surface area contributed by atoms with Gasteiger partial charge in [0, 0.05) is 32.5 Å². The summed E-state index contributed by atoms with van der Waals surface area (Å²) in [4.78, 5) is 8.33. The summed E-state index contributed by atoms with van der Waals surface area (Å²) in [5, 5.41) is 6.72. The van der Waals surface area contributed by atoms with Crippen molar-refractivity contribution < 1.29 is 9.47 Å². The van der Waals surface area contributed by atoms with Crippen molar-refractivity contribution in [3.63, 3.8) is 0 Å². The molecule has 1 aromatic carbocycles. The Hall–Kier alpha value is -1.97. The minimum absolute atomic E-state index is 0. The van der Waals surface area contributed by atoms with Gasteiger partial charge in [0.15, 0.2) is 17.5 Å². The molecule has 0 saturated carbocycles. The predicted molar refractivity (Wildman–Crippen MR) is 119 cm³/mol. The highest BCUT2D eigenvalue weighted by atomic mass is 127. The van der Waals surface area contributed by atoms with Crippen molar-refractivity contribution in [2.45, 2.75) is 33.4 Å². The van der Waals surface area contributed by atoms with Gasteiger partial charge in [0.05, 0.1) is 25.6 Å². The lowest BCUT2D eigenvalue weighted by Gasteiger charge is -2.20. The van der Waals surface area contributed by atoms with E-state index in [4.69, 9.17) is 9.47 Å². The fourth-order valence-corrected chi connectivity index (χ4v) is 2.54. The predicted octanol–water partition coefficient (Wildman–Crippen LogP) is 3.22. The number of ether oxygens (including phenoxy) is 2. The first-order valence-electron chi connectivity index (χ1n) is 9.00. The summed E-state index contributed by atoms with van der Waals surface area (Å²) in [5.41, 5.74) is 1.11. The minimum Gasteiger partial charge on any atom is -0.490 e. The van der Waals surface area contributed by atoms with Gasteiger partial charge >= 0.3 is 0 Å². The van der Waals surface area contributed by atoms with E-state index < -0.39 is 0 Å². The molecule has 27 heavy (non-hydrogen) atoms. The quantitative estimate of drug-likeness (QED) is 0.323. The van der Waals surface area contributed by atoms with Crippen molar-refractivity contribution in [3.8, 4) is 11.5 Å². The van der Waals surface area contributed by atoms with E-state index in [1.807, 2.05) is 42.8 Å². The van der Waals surface area contributed by atoms with Crippen molar-refractivity contribution in [2.24, 2.45) is 4.99 Å². The first-order valence-corrected chi connectivity index (χ1v) is 9.00. The molecule has 0 saturated heterocycles. The van der Waals surface area contributed by atoms with Crippen molar-refractivity contribution in [1.82, 2.24) is 20.2 Å². The average molecular weight is 487 g/mol. The number of benzene rings is 1. The first-order chi connectivity index (χ1) is 12.7. The second kappa shape index (κ2) is 12.4. The van der Waals surface area contributed by atoms with E-state index in [0.717, 1.165) is 36.1 Å². The zero-order valence-corrected chi connectivity index (χ0v) is 18.8. The maximum atomic E-state index is 5.71. The van der Waals surface area contributed by atoms with Gasteiger partial charge in [0.2, 0.25) is 0 Å². The number of imidazole rings is 1. The van der Waals surface area contributed by atoms with Crippen LogP contribution in [-0.2, 0) is 6.54 Å². The molecular weight excluding hydrogens is 457 g/mol. The largest absolute Gasteiger partial charge is 0.490 e. The van der Waals surface area contributed by atoms with Crippen LogP contribution >= 0.6 is 24.0 Å². The summed E-state index contributed by atoms with van der Waals surface area (Å²) in [6, 6.07) is 6.09. The van der Waals surface area contributed by atoms with Crippen molar-refractivity contribution in [3.05, 3.63) is 42.5 Å². The minimum atomic E-state index is 0. The Balaban J connectivity index is 0.00000364. The Labute approximate surface area is 178 Å². The van der Waals surface area contributed by atoms with Crippen LogP contribution in [0.15, 0.2) is 41.9 Å². The molecule has 0 spiro atoms. The van der Waals surface area contributed by atoms with Gasteiger partial charge in [-0.25, -0.2) is 4.98 Å². The number of nitrogens with zero attached hydrogens (tertiary/aromatic N) is 3.